The molecule has 5 atom stereocenters. The van der Waals surface area contributed by atoms with Crippen LogP contribution in [0, 0.1) is 0 Å². The molecule has 0 aromatic heterocycles. The first kappa shape index (κ1) is 28.0. The molecule has 13 heteroatoms. The maximum Gasteiger partial charge on any atom is 0.310 e. The number of sulfonamides is 1. The third-order valence-corrected chi connectivity index (χ3v) is 8.99. The summed E-state index contributed by atoms with van der Waals surface area (Å²) in [7, 11) is -3.70. The van der Waals surface area contributed by atoms with Gasteiger partial charge < -0.3 is 25.4 Å². The number of aliphatic hydroxyl groups is 1. The van der Waals surface area contributed by atoms with Crippen molar-refractivity contribution in [2.24, 2.45) is 0 Å². The van der Waals surface area contributed by atoms with E-state index in [1.807, 2.05) is 30.3 Å². The minimum atomic E-state index is -3.70. The highest BCUT2D eigenvalue weighted by Crippen LogP contribution is 2.28. The Morgan fingerprint density at radius 3 is 2.42 bits per heavy atom. The molecule has 3 saturated heterocycles. The standard InChI is InChI=1S/C27H32N4O8S/c1-40(37,38)30-14-19-8-4-5-9-20(28-24(33)18-11-10-16-6-2-3-7-17(16)12-18)26(35)31(19)22(15-30)25(34)29-21-13-23(32)39-27(21)36/h2-3,6-7,10-12,19-22,27,36H,4-5,8-9,13-15H2,1H3,(H,28,33)(H,29,34)/t19-,20-,21?,22-,27?/m0/s1. The van der Waals surface area contributed by atoms with Gasteiger partial charge in [-0.3, -0.25) is 19.2 Å². The number of nitrogens with zero attached hydrogens (tertiary/aromatic N) is 2. The summed E-state index contributed by atoms with van der Waals surface area (Å²) in [6, 6.07) is 9.08. The minimum Gasteiger partial charge on any atom is -0.434 e. The number of amides is 3. The number of carbonyl (C=O) groups excluding carboxylic acids is 4. The van der Waals surface area contributed by atoms with Crippen LogP contribution in [0.5, 0.6) is 0 Å². The van der Waals surface area contributed by atoms with Gasteiger partial charge in [0.1, 0.15) is 18.1 Å². The van der Waals surface area contributed by atoms with Gasteiger partial charge >= 0.3 is 5.97 Å². The van der Waals surface area contributed by atoms with E-state index in [1.165, 1.54) is 9.21 Å². The zero-order chi connectivity index (χ0) is 28.6. The van der Waals surface area contributed by atoms with E-state index in [9.17, 15) is 32.7 Å². The first-order valence-electron chi connectivity index (χ1n) is 13.3. The van der Waals surface area contributed by atoms with Gasteiger partial charge in [-0.05, 0) is 35.7 Å². The summed E-state index contributed by atoms with van der Waals surface area (Å²) in [5.74, 6) is -2.31. The van der Waals surface area contributed by atoms with Crippen molar-refractivity contribution in [3.63, 3.8) is 0 Å². The lowest BCUT2D eigenvalue weighted by atomic mass is 9.94. The van der Waals surface area contributed by atoms with E-state index in [0.717, 1.165) is 17.0 Å². The van der Waals surface area contributed by atoms with Gasteiger partial charge in [0.15, 0.2) is 0 Å². The summed E-state index contributed by atoms with van der Waals surface area (Å²) < 4.78 is 30.9. The molecule has 0 bridgehead atoms. The van der Waals surface area contributed by atoms with Crippen molar-refractivity contribution in [1.82, 2.24) is 19.8 Å². The molecule has 3 N–H and O–H groups in total. The number of nitrogens with one attached hydrogen (secondary N) is 2. The SMILES string of the molecule is CS(=O)(=O)N1C[C@@H]2CCCC[C@H](NC(=O)c3ccc4ccccc4c3)C(=O)N2[C@H](C(=O)NC2CC(=O)OC2O)C1. The molecule has 3 fully saturated rings. The Balaban J connectivity index is 1.40. The number of esters is 1. The van der Waals surface area contributed by atoms with Crippen LogP contribution in [0.1, 0.15) is 42.5 Å². The number of fused-ring (bicyclic) bond motifs is 2. The molecule has 0 aliphatic carbocycles. The Kier molecular flexibility index (Phi) is 7.80. The van der Waals surface area contributed by atoms with Crippen LogP contribution < -0.4 is 10.6 Å². The first-order valence-corrected chi connectivity index (χ1v) is 15.1. The van der Waals surface area contributed by atoms with Crippen molar-refractivity contribution in [3.8, 4) is 0 Å². The molecular formula is C27H32N4O8S. The molecular weight excluding hydrogens is 540 g/mol. The van der Waals surface area contributed by atoms with E-state index >= 15 is 0 Å². The molecule has 3 aliphatic heterocycles. The van der Waals surface area contributed by atoms with E-state index in [4.69, 9.17) is 4.74 Å². The average Bonchev–Trinajstić information content (AvgIpc) is 3.23. The normalized spacial score (nSPS) is 27.9. The van der Waals surface area contributed by atoms with Crippen molar-refractivity contribution in [2.75, 3.05) is 19.3 Å². The highest BCUT2D eigenvalue weighted by atomic mass is 32.2. The van der Waals surface area contributed by atoms with Crippen molar-refractivity contribution >= 4 is 44.5 Å². The molecule has 2 aromatic rings. The Morgan fingerprint density at radius 1 is 1.00 bits per heavy atom. The second-order valence-corrected chi connectivity index (χ2v) is 12.5. The number of aliphatic hydroxyl groups excluding tert-OH is 1. The molecule has 3 heterocycles. The Labute approximate surface area is 231 Å². The Bertz CT molecular complexity index is 1450. The number of piperazine rings is 1. The van der Waals surface area contributed by atoms with Gasteiger partial charge in [0, 0.05) is 24.7 Å². The third kappa shape index (κ3) is 5.81. The summed E-state index contributed by atoms with van der Waals surface area (Å²) in [5, 5.41) is 17.2. The van der Waals surface area contributed by atoms with Gasteiger partial charge in [0.05, 0.1) is 12.7 Å². The molecule has 3 aliphatic rings. The van der Waals surface area contributed by atoms with Crippen molar-refractivity contribution in [1.29, 1.82) is 0 Å². The summed E-state index contributed by atoms with van der Waals surface area (Å²) in [6.07, 6.45) is 1.36. The van der Waals surface area contributed by atoms with Gasteiger partial charge in [-0.2, -0.15) is 4.31 Å². The molecule has 2 aromatic carbocycles. The predicted octanol–water partition coefficient (Wildman–Crippen LogP) is 0.103. The largest absolute Gasteiger partial charge is 0.434 e. The van der Waals surface area contributed by atoms with Crippen LogP contribution >= 0.6 is 0 Å². The number of benzene rings is 2. The molecule has 214 valence electrons. The molecule has 40 heavy (non-hydrogen) atoms. The minimum absolute atomic E-state index is 0.0212. The third-order valence-electron chi connectivity index (χ3n) is 7.75. The smallest absolute Gasteiger partial charge is 0.310 e. The zero-order valence-corrected chi connectivity index (χ0v) is 22.8. The first-order chi connectivity index (χ1) is 19.0. The topological polar surface area (TPSA) is 162 Å². The Morgan fingerprint density at radius 2 is 1.73 bits per heavy atom. The average molecular weight is 573 g/mol. The fourth-order valence-corrected chi connectivity index (χ4v) is 6.52. The predicted molar refractivity (Wildman–Crippen MR) is 143 cm³/mol. The maximum absolute atomic E-state index is 14.0. The molecule has 0 saturated carbocycles. The highest BCUT2D eigenvalue weighted by molar-refractivity contribution is 7.88. The number of ether oxygens (including phenoxy) is 1. The molecule has 3 amide bonds. The van der Waals surface area contributed by atoms with Crippen LogP contribution in [0.4, 0.5) is 0 Å². The van der Waals surface area contributed by atoms with E-state index < -0.39 is 64.2 Å². The Hall–Kier alpha value is -3.55. The van der Waals surface area contributed by atoms with Crippen LogP contribution in [0.15, 0.2) is 42.5 Å². The van der Waals surface area contributed by atoms with E-state index in [0.29, 0.717) is 31.2 Å². The molecule has 2 unspecified atom stereocenters. The number of cyclic esters (lactones) is 1. The van der Waals surface area contributed by atoms with Gasteiger partial charge in [-0.15, -0.1) is 0 Å². The van der Waals surface area contributed by atoms with Gasteiger partial charge in [-0.25, -0.2) is 8.42 Å². The van der Waals surface area contributed by atoms with E-state index in [2.05, 4.69) is 10.6 Å². The van der Waals surface area contributed by atoms with Gasteiger partial charge in [-0.1, -0.05) is 43.2 Å². The van der Waals surface area contributed by atoms with E-state index in [1.54, 1.807) is 12.1 Å². The highest BCUT2D eigenvalue weighted by Gasteiger charge is 2.47. The second-order valence-electron chi connectivity index (χ2n) is 10.6. The number of carbonyl (C=O) groups is 4. The lowest BCUT2D eigenvalue weighted by Gasteiger charge is -2.47. The number of hydrogen-bond donors (Lipinski definition) is 3. The van der Waals surface area contributed by atoms with Crippen molar-refractivity contribution in [2.45, 2.75) is 62.6 Å². The lowest BCUT2D eigenvalue weighted by Crippen LogP contribution is -2.68. The monoisotopic (exact) mass is 572 g/mol. The van der Waals surface area contributed by atoms with Crippen LogP contribution in [-0.2, 0) is 29.1 Å². The van der Waals surface area contributed by atoms with Crippen molar-refractivity contribution in [3.05, 3.63) is 48.0 Å². The zero-order valence-electron chi connectivity index (χ0n) is 22.0. The van der Waals surface area contributed by atoms with Crippen LogP contribution in [0.3, 0.4) is 0 Å². The second kappa shape index (κ2) is 11.1. The van der Waals surface area contributed by atoms with Crippen molar-refractivity contribution < 1.29 is 37.4 Å². The number of hydrogen-bond acceptors (Lipinski definition) is 8. The van der Waals surface area contributed by atoms with E-state index in [-0.39, 0.29) is 19.5 Å². The molecule has 5 rings (SSSR count). The van der Waals surface area contributed by atoms with Crippen LogP contribution in [0.2, 0.25) is 0 Å². The lowest BCUT2D eigenvalue weighted by molar-refractivity contribution is -0.156. The summed E-state index contributed by atoms with van der Waals surface area (Å²) in [6.45, 7) is -0.275. The summed E-state index contributed by atoms with van der Waals surface area (Å²) >= 11 is 0. The fourth-order valence-electron chi connectivity index (χ4n) is 5.66. The molecule has 0 radical (unpaired) electrons. The molecule has 0 spiro atoms. The van der Waals surface area contributed by atoms with Gasteiger partial charge in [0.2, 0.25) is 28.1 Å². The summed E-state index contributed by atoms with van der Waals surface area (Å²) in [4.78, 5) is 53.6. The summed E-state index contributed by atoms with van der Waals surface area (Å²) in [5.41, 5.74) is 0.390. The maximum atomic E-state index is 14.0. The number of rotatable bonds is 5. The van der Waals surface area contributed by atoms with Crippen LogP contribution in [0.25, 0.3) is 10.8 Å². The quantitative estimate of drug-likeness (QED) is 0.425. The van der Waals surface area contributed by atoms with Gasteiger partial charge in [0.25, 0.3) is 5.91 Å². The fraction of sp³-hybridized carbons (Fsp3) is 0.481. The van der Waals surface area contributed by atoms with Crippen LogP contribution in [-0.4, -0.2) is 96.2 Å². The molecule has 12 nitrogen and oxygen atoms in total.